The van der Waals surface area contributed by atoms with Gasteiger partial charge in [0.25, 0.3) is 0 Å². The van der Waals surface area contributed by atoms with Gasteiger partial charge < -0.3 is 10.6 Å². The first-order valence-corrected chi connectivity index (χ1v) is 5.98. The third-order valence-corrected chi connectivity index (χ3v) is 3.80. The molecule has 2 aliphatic rings. The van der Waals surface area contributed by atoms with Crippen molar-refractivity contribution in [1.82, 2.24) is 10.6 Å². The molecule has 3 nitrogen and oxygen atoms in total. The van der Waals surface area contributed by atoms with Crippen molar-refractivity contribution in [3.63, 3.8) is 0 Å². The van der Waals surface area contributed by atoms with Crippen molar-refractivity contribution >= 4 is 17.7 Å². The van der Waals surface area contributed by atoms with Gasteiger partial charge in [-0.25, -0.2) is 0 Å². The molecule has 1 saturated carbocycles. The van der Waals surface area contributed by atoms with Crippen LogP contribution in [0.5, 0.6) is 0 Å². The Labute approximate surface area is 83.0 Å². The first-order valence-electron chi connectivity index (χ1n) is 4.93. The highest BCUT2D eigenvalue weighted by Gasteiger charge is 2.23. The molecule has 0 atom stereocenters. The maximum absolute atomic E-state index is 11.3. The lowest BCUT2D eigenvalue weighted by Crippen LogP contribution is -2.48. The lowest BCUT2D eigenvalue weighted by atomic mass is 10.0. The lowest BCUT2D eigenvalue weighted by Gasteiger charge is -2.27. The van der Waals surface area contributed by atoms with Crippen LogP contribution in [0.3, 0.4) is 0 Å². The fraction of sp³-hybridized carbons (Fsp3) is 0.889. The Morgan fingerprint density at radius 2 is 2.23 bits per heavy atom. The molecular formula is C9H16N2OS. The van der Waals surface area contributed by atoms with Crippen molar-refractivity contribution in [2.24, 2.45) is 5.92 Å². The van der Waals surface area contributed by atoms with Crippen LogP contribution in [0, 0.1) is 5.92 Å². The van der Waals surface area contributed by atoms with Gasteiger partial charge in [-0.3, -0.25) is 4.79 Å². The molecule has 2 fully saturated rings. The maximum atomic E-state index is 11.3. The van der Waals surface area contributed by atoms with Crippen molar-refractivity contribution in [2.45, 2.75) is 18.1 Å². The van der Waals surface area contributed by atoms with Crippen molar-refractivity contribution in [3.8, 4) is 0 Å². The number of nitrogens with one attached hydrogen (secondary N) is 2. The van der Waals surface area contributed by atoms with Gasteiger partial charge in [-0.05, 0) is 12.8 Å². The molecule has 0 unspecified atom stereocenters. The fourth-order valence-corrected chi connectivity index (χ4v) is 2.19. The summed E-state index contributed by atoms with van der Waals surface area (Å²) in [5, 5.41) is 6.94. The minimum absolute atomic E-state index is 0.212. The van der Waals surface area contributed by atoms with E-state index in [0.29, 0.717) is 11.7 Å². The number of hydrogen-bond acceptors (Lipinski definition) is 3. The molecule has 0 aromatic rings. The summed E-state index contributed by atoms with van der Waals surface area (Å²) in [6.07, 6.45) is 2.62. The lowest BCUT2D eigenvalue weighted by molar-refractivity contribution is -0.118. The topological polar surface area (TPSA) is 41.1 Å². The number of amides is 1. The van der Waals surface area contributed by atoms with Crippen molar-refractivity contribution in [3.05, 3.63) is 0 Å². The van der Waals surface area contributed by atoms with E-state index in [0.717, 1.165) is 24.9 Å². The Morgan fingerprint density at radius 1 is 1.46 bits per heavy atom. The number of carbonyl (C=O) groups excluding carboxylic acids is 1. The van der Waals surface area contributed by atoms with Gasteiger partial charge in [0, 0.05) is 30.8 Å². The van der Waals surface area contributed by atoms with Gasteiger partial charge in [0.1, 0.15) is 0 Å². The van der Waals surface area contributed by atoms with Gasteiger partial charge in [-0.2, -0.15) is 0 Å². The van der Waals surface area contributed by atoms with Crippen LogP contribution in [-0.2, 0) is 4.79 Å². The molecule has 0 aromatic carbocycles. The summed E-state index contributed by atoms with van der Waals surface area (Å²) in [4.78, 5) is 11.3. The van der Waals surface area contributed by atoms with Gasteiger partial charge >= 0.3 is 0 Å². The SMILES string of the molecule is O=C(CSC1CC1)NCC1CNC1. The van der Waals surface area contributed by atoms with Gasteiger partial charge in [0.15, 0.2) is 0 Å². The molecular weight excluding hydrogens is 184 g/mol. The highest BCUT2D eigenvalue weighted by Crippen LogP contribution is 2.33. The summed E-state index contributed by atoms with van der Waals surface area (Å²) in [5.41, 5.74) is 0. The summed E-state index contributed by atoms with van der Waals surface area (Å²) in [7, 11) is 0. The summed E-state index contributed by atoms with van der Waals surface area (Å²) in [5.74, 6) is 1.55. The molecule has 0 radical (unpaired) electrons. The first kappa shape index (κ1) is 9.34. The number of carbonyl (C=O) groups is 1. The van der Waals surface area contributed by atoms with Crippen LogP contribution < -0.4 is 10.6 Å². The third-order valence-electron chi connectivity index (χ3n) is 2.43. The first-order chi connectivity index (χ1) is 6.34. The minimum atomic E-state index is 0.212. The number of thioether (sulfide) groups is 1. The number of hydrogen-bond donors (Lipinski definition) is 2. The Kier molecular flexibility index (Phi) is 3.11. The molecule has 0 spiro atoms. The van der Waals surface area contributed by atoms with E-state index in [-0.39, 0.29) is 5.91 Å². The third kappa shape index (κ3) is 3.19. The standard InChI is InChI=1S/C9H16N2OS/c12-9(6-13-8-1-2-8)11-5-7-3-10-4-7/h7-8,10H,1-6H2,(H,11,12). The Bertz CT molecular complexity index is 190. The molecule has 2 N–H and O–H groups in total. The zero-order valence-electron chi connectivity index (χ0n) is 7.71. The monoisotopic (exact) mass is 200 g/mol. The smallest absolute Gasteiger partial charge is 0.230 e. The van der Waals surface area contributed by atoms with Crippen molar-refractivity contribution in [1.29, 1.82) is 0 Å². The summed E-state index contributed by atoms with van der Waals surface area (Å²) < 4.78 is 0. The largest absolute Gasteiger partial charge is 0.355 e. The quantitative estimate of drug-likeness (QED) is 0.667. The molecule has 1 amide bonds. The van der Waals surface area contributed by atoms with Crippen LogP contribution in [0.2, 0.25) is 0 Å². The summed E-state index contributed by atoms with van der Waals surface area (Å²) in [6, 6.07) is 0. The maximum Gasteiger partial charge on any atom is 0.230 e. The molecule has 1 heterocycles. The van der Waals surface area contributed by atoms with Crippen LogP contribution in [0.15, 0.2) is 0 Å². The molecule has 1 saturated heterocycles. The summed E-state index contributed by atoms with van der Waals surface area (Å²) in [6.45, 7) is 2.99. The molecule has 4 heteroatoms. The second kappa shape index (κ2) is 4.33. The summed E-state index contributed by atoms with van der Waals surface area (Å²) >= 11 is 1.80. The molecule has 2 rings (SSSR count). The van der Waals surface area contributed by atoms with E-state index >= 15 is 0 Å². The normalized spacial score (nSPS) is 22.5. The molecule has 1 aliphatic heterocycles. The Morgan fingerprint density at radius 3 is 2.77 bits per heavy atom. The predicted octanol–water partition coefficient (Wildman–Crippen LogP) is 0.218. The predicted molar refractivity (Wildman–Crippen MR) is 54.8 cm³/mol. The molecule has 74 valence electrons. The van der Waals surface area contributed by atoms with Crippen LogP contribution >= 0.6 is 11.8 Å². The van der Waals surface area contributed by atoms with Gasteiger partial charge in [-0.15, -0.1) is 11.8 Å². The zero-order valence-corrected chi connectivity index (χ0v) is 8.53. The van der Waals surface area contributed by atoms with E-state index in [4.69, 9.17) is 0 Å². The van der Waals surface area contributed by atoms with E-state index < -0.39 is 0 Å². The molecule has 0 bridgehead atoms. The van der Waals surface area contributed by atoms with E-state index in [1.807, 2.05) is 0 Å². The average Bonchev–Trinajstić information content (AvgIpc) is 2.80. The fourth-order valence-electron chi connectivity index (χ4n) is 1.23. The average molecular weight is 200 g/mol. The Hall–Kier alpha value is -0.220. The molecule has 13 heavy (non-hydrogen) atoms. The van der Waals surface area contributed by atoms with E-state index in [1.54, 1.807) is 11.8 Å². The second-order valence-electron chi connectivity index (χ2n) is 3.84. The molecule has 0 aromatic heterocycles. The zero-order chi connectivity index (χ0) is 9.10. The van der Waals surface area contributed by atoms with Crippen molar-refractivity contribution < 1.29 is 4.79 Å². The van der Waals surface area contributed by atoms with Crippen LogP contribution in [0.4, 0.5) is 0 Å². The van der Waals surface area contributed by atoms with Crippen molar-refractivity contribution in [2.75, 3.05) is 25.4 Å². The van der Waals surface area contributed by atoms with E-state index in [2.05, 4.69) is 10.6 Å². The second-order valence-corrected chi connectivity index (χ2v) is 5.13. The van der Waals surface area contributed by atoms with Crippen LogP contribution in [0.1, 0.15) is 12.8 Å². The van der Waals surface area contributed by atoms with Gasteiger partial charge in [0.2, 0.25) is 5.91 Å². The highest BCUT2D eigenvalue weighted by molar-refractivity contribution is 8.00. The van der Waals surface area contributed by atoms with Gasteiger partial charge in [-0.1, -0.05) is 0 Å². The minimum Gasteiger partial charge on any atom is -0.355 e. The van der Waals surface area contributed by atoms with E-state index in [9.17, 15) is 4.79 Å². The van der Waals surface area contributed by atoms with Gasteiger partial charge in [0.05, 0.1) is 5.75 Å². The van der Waals surface area contributed by atoms with E-state index in [1.165, 1.54) is 12.8 Å². The Balaban J connectivity index is 1.49. The molecule has 1 aliphatic carbocycles. The number of rotatable bonds is 5. The highest BCUT2D eigenvalue weighted by atomic mass is 32.2. The van der Waals surface area contributed by atoms with Crippen LogP contribution in [0.25, 0.3) is 0 Å². The van der Waals surface area contributed by atoms with Crippen LogP contribution in [-0.4, -0.2) is 36.5 Å².